The maximum atomic E-state index is 13.3. The van der Waals surface area contributed by atoms with Gasteiger partial charge < -0.3 is 24.5 Å². The summed E-state index contributed by atoms with van der Waals surface area (Å²) in [6, 6.07) is 9.87. The number of aromatic amines is 1. The van der Waals surface area contributed by atoms with Gasteiger partial charge in [0.25, 0.3) is 11.9 Å². The molecular formula is C26H29N7O2. The van der Waals surface area contributed by atoms with Crippen molar-refractivity contribution in [3.05, 3.63) is 48.4 Å². The first-order chi connectivity index (χ1) is 17.2. The van der Waals surface area contributed by atoms with E-state index in [0.717, 1.165) is 68.9 Å². The van der Waals surface area contributed by atoms with Crippen molar-refractivity contribution in [1.29, 1.82) is 0 Å². The van der Waals surface area contributed by atoms with Crippen molar-refractivity contribution in [3.63, 3.8) is 0 Å². The number of carbonyl (C=O) groups excluding carboxylic acids is 1. The lowest BCUT2D eigenvalue weighted by molar-refractivity contribution is 0.102. The lowest BCUT2D eigenvalue weighted by Crippen LogP contribution is -2.31. The molecule has 6 heterocycles. The molecule has 4 aromatic rings. The molecule has 2 fully saturated rings. The molecule has 0 aliphatic carbocycles. The number of piperidine rings is 2. The third-order valence-corrected chi connectivity index (χ3v) is 6.76. The van der Waals surface area contributed by atoms with Gasteiger partial charge in [0.2, 0.25) is 5.65 Å². The second-order valence-corrected chi connectivity index (χ2v) is 9.24. The minimum Gasteiger partial charge on any atom is -0.422 e. The lowest BCUT2D eigenvalue weighted by atomic mass is 10.1. The predicted molar refractivity (Wildman–Crippen MR) is 136 cm³/mol. The molecule has 180 valence electrons. The third-order valence-electron chi connectivity index (χ3n) is 6.76. The van der Waals surface area contributed by atoms with Gasteiger partial charge in [-0.25, -0.2) is 9.97 Å². The summed E-state index contributed by atoms with van der Waals surface area (Å²) >= 11 is 0. The number of carbonyl (C=O) groups is 1. The number of hydrogen-bond donors (Lipinski definition) is 2. The van der Waals surface area contributed by atoms with Gasteiger partial charge in [-0.2, -0.15) is 4.98 Å². The minimum absolute atomic E-state index is 0.280. The number of anilines is 3. The Hall–Kier alpha value is -3.88. The van der Waals surface area contributed by atoms with Crippen LogP contribution in [0, 0.1) is 0 Å². The molecule has 9 heteroatoms. The standard InChI is InChI=1S/C26H29N7O2/c34-25(20-9-7-8-19(28-20)18-10-11-27-17-18)29-21-16-22-23(30-24(21)32-12-3-1-4-13-32)31-26(35-22)33-14-5-2-6-15-33/h7-11,16-17,27H,1-6,12-15H2,(H,29,34). The molecule has 0 saturated carbocycles. The van der Waals surface area contributed by atoms with Crippen LogP contribution in [0.15, 0.2) is 47.1 Å². The Balaban J connectivity index is 1.34. The number of pyridine rings is 2. The Morgan fingerprint density at radius 2 is 1.69 bits per heavy atom. The summed E-state index contributed by atoms with van der Waals surface area (Å²) in [4.78, 5) is 34.9. The van der Waals surface area contributed by atoms with Crippen LogP contribution in [-0.2, 0) is 0 Å². The normalized spacial score (nSPS) is 16.6. The van der Waals surface area contributed by atoms with Gasteiger partial charge in [-0.1, -0.05) is 6.07 Å². The average molecular weight is 472 g/mol. The highest BCUT2D eigenvalue weighted by atomic mass is 16.4. The molecule has 1 amide bonds. The molecule has 35 heavy (non-hydrogen) atoms. The zero-order valence-electron chi connectivity index (χ0n) is 19.7. The number of H-pyrrole nitrogens is 1. The topological polar surface area (TPSA) is 103 Å². The summed E-state index contributed by atoms with van der Waals surface area (Å²) in [5.74, 6) is 0.461. The van der Waals surface area contributed by atoms with Crippen molar-refractivity contribution in [2.45, 2.75) is 38.5 Å². The van der Waals surface area contributed by atoms with Crippen LogP contribution in [-0.4, -0.2) is 52.0 Å². The van der Waals surface area contributed by atoms with E-state index >= 15 is 0 Å². The van der Waals surface area contributed by atoms with E-state index in [9.17, 15) is 4.79 Å². The van der Waals surface area contributed by atoms with Crippen LogP contribution >= 0.6 is 0 Å². The van der Waals surface area contributed by atoms with Gasteiger partial charge in [0, 0.05) is 50.2 Å². The monoisotopic (exact) mass is 471 g/mol. The van der Waals surface area contributed by atoms with E-state index in [0.29, 0.717) is 28.6 Å². The average Bonchev–Trinajstić information content (AvgIpc) is 3.60. The van der Waals surface area contributed by atoms with Crippen LogP contribution in [0.5, 0.6) is 0 Å². The number of fused-ring (bicyclic) bond motifs is 1. The van der Waals surface area contributed by atoms with E-state index in [-0.39, 0.29) is 5.91 Å². The molecule has 0 unspecified atom stereocenters. The summed E-state index contributed by atoms with van der Waals surface area (Å²) in [7, 11) is 0. The molecule has 2 aliphatic rings. The van der Waals surface area contributed by atoms with Crippen LogP contribution in [0.25, 0.3) is 22.5 Å². The maximum absolute atomic E-state index is 13.3. The Kier molecular flexibility index (Phi) is 5.81. The number of nitrogens with zero attached hydrogens (tertiary/aromatic N) is 5. The molecule has 0 atom stereocenters. The summed E-state index contributed by atoms with van der Waals surface area (Å²) in [6.07, 6.45) is 10.6. The maximum Gasteiger partial charge on any atom is 0.299 e. The fraction of sp³-hybridized carbons (Fsp3) is 0.385. The first kappa shape index (κ1) is 21.6. The summed E-state index contributed by atoms with van der Waals surface area (Å²) in [5, 5.41) is 3.06. The second kappa shape index (κ2) is 9.40. The van der Waals surface area contributed by atoms with E-state index in [1.807, 2.05) is 36.7 Å². The SMILES string of the molecule is O=C(Nc1cc2oc(N3CCCCC3)nc2nc1N1CCCCC1)c1cccc(-c2cc[nH]c2)n1. The fourth-order valence-corrected chi connectivity index (χ4v) is 4.89. The van der Waals surface area contributed by atoms with Crippen LogP contribution in [0.1, 0.15) is 49.0 Å². The van der Waals surface area contributed by atoms with Crippen molar-refractivity contribution >= 4 is 34.7 Å². The number of oxazole rings is 1. The Morgan fingerprint density at radius 1 is 0.914 bits per heavy atom. The van der Waals surface area contributed by atoms with E-state index in [4.69, 9.17) is 14.4 Å². The van der Waals surface area contributed by atoms with Gasteiger partial charge in [-0.05, 0) is 56.7 Å². The number of rotatable bonds is 5. The summed E-state index contributed by atoms with van der Waals surface area (Å²) in [6.45, 7) is 3.69. The zero-order chi connectivity index (χ0) is 23.6. The molecule has 9 nitrogen and oxygen atoms in total. The van der Waals surface area contributed by atoms with E-state index < -0.39 is 0 Å². The molecule has 6 rings (SSSR count). The largest absolute Gasteiger partial charge is 0.422 e. The van der Waals surface area contributed by atoms with Crippen LogP contribution < -0.4 is 15.1 Å². The van der Waals surface area contributed by atoms with Gasteiger partial charge in [0.1, 0.15) is 5.69 Å². The molecule has 0 radical (unpaired) electrons. The first-order valence-corrected chi connectivity index (χ1v) is 12.5. The lowest BCUT2D eigenvalue weighted by Gasteiger charge is -2.29. The highest BCUT2D eigenvalue weighted by Crippen LogP contribution is 2.33. The fourth-order valence-electron chi connectivity index (χ4n) is 4.89. The van der Waals surface area contributed by atoms with Crippen LogP contribution in [0.3, 0.4) is 0 Å². The quantitative estimate of drug-likeness (QED) is 0.429. The number of aromatic nitrogens is 4. The molecule has 4 aromatic heterocycles. The Morgan fingerprint density at radius 3 is 2.43 bits per heavy atom. The van der Waals surface area contributed by atoms with E-state index in [1.54, 1.807) is 6.07 Å². The highest BCUT2D eigenvalue weighted by Gasteiger charge is 2.23. The van der Waals surface area contributed by atoms with Crippen molar-refractivity contribution in [1.82, 2.24) is 19.9 Å². The summed E-state index contributed by atoms with van der Waals surface area (Å²) < 4.78 is 6.11. The van der Waals surface area contributed by atoms with Crippen LogP contribution in [0.2, 0.25) is 0 Å². The molecule has 2 saturated heterocycles. The molecule has 0 bridgehead atoms. The Bertz CT molecular complexity index is 1320. The van der Waals surface area contributed by atoms with E-state index in [1.165, 1.54) is 12.8 Å². The third kappa shape index (κ3) is 4.45. The Labute approximate surface area is 203 Å². The zero-order valence-corrected chi connectivity index (χ0v) is 19.7. The van der Waals surface area contributed by atoms with Gasteiger partial charge in [0.05, 0.1) is 11.4 Å². The molecule has 2 N–H and O–H groups in total. The second-order valence-electron chi connectivity index (χ2n) is 9.24. The van der Waals surface area contributed by atoms with Crippen molar-refractivity contribution in [2.75, 3.05) is 41.3 Å². The van der Waals surface area contributed by atoms with Gasteiger partial charge >= 0.3 is 0 Å². The molecule has 2 aliphatic heterocycles. The van der Waals surface area contributed by atoms with Crippen molar-refractivity contribution in [2.24, 2.45) is 0 Å². The highest BCUT2D eigenvalue weighted by molar-refractivity contribution is 6.05. The van der Waals surface area contributed by atoms with Crippen molar-refractivity contribution in [3.8, 4) is 11.3 Å². The van der Waals surface area contributed by atoms with Crippen molar-refractivity contribution < 1.29 is 9.21 Å². The van der Waals surface area contributed by atoms with Crippen LogP contribution in [0.4, 0.5) is 17.5 Å². The summed E-state index contributed by atoms with van der Waals surface area (Å²) in [5.41, 5.74) is 3.81. The minimum atomic E-state index is -0.280. The molecule has 0 spiro atoms. The number of amides is 1. The smallest absolute Gasteiger partial charge is 0.299 e. The van der Waals surface area contributed by atoms with E-state index in [2.05, 4.69) is 25.1 Å². The predicted octanol–water partition coefficient (Wildman–Crippen LogP) is 4.85. The number of hydrogen-bond acceptors (Lipinski definition) is 7. The van der Waals surface area contributed by atoms with Gasteiger partial charge in [0.15, 0.2) is 11.4 Å². The van der Waals surface area contributed by atoms with Gasteiger partial charge in [-0.3, -0.25) is 4.79 Å². The first-order valence-electron chi connectivity index (χ1n) is 12.5. The number of nitrogens with one attached hydrogen (secondary N) is 2. The van der Waals surface area contributed by atoms with Gasteiger partial charge in [-0.15, -0.1) is 0 Å². The molecule has 0 aromatic carbocycles. The molecular weight excluding hydrogens is 442 g/mol.